The van der Waals surface area contributed by atoms with E-state index in [-0.39, 0.29) is 5.91 Å². The van der Waals surface area contributed by atoms with Crippen molar-refractivity contribution in [3.63, 3.8) is 0 Å². The lowest BCUT2D eigenvalue weighted by atomic mass is 10.1. The number of hydrogen-bond donors (Lipinski definition) is 0. The highest BCUT2D eigenvalue weighted by Gasteiger charge is 2.19. The first-order valence-electron chi connectivity index (χ1n) is 7.31. The molecule has 0 atom stereocenters. The molecule has 0 spiro atoms. The number of para-hydroxylation sites is 2. The van der Waals surface area contributed by atoms with Crippen LogP contribution in [0.25, 0.3) is 0 Å². The van der Waals surface area contributed by atoms with Crippen LogP contribution in [0.15, 0.2) is 48.5 Å². The summed E-state index contributed by atoms with van der Waals surface area (Å²) in [7, 11) is 4.80. The molecule has 0 saturated carbocycles. The summed E-state index contributed by atoms with van der Waals surface area (Å²) in [4.78, 5) is 14.2. The lowest BCUT2D eigenvalue weighted by Crippen LogP contribution is -2.31. The summed E-state index contributed by atoms with van der Waals surface area (Å²) >= 11 is 0. The van der Waals surface area contributed by atoms with Crippen LogP contribution in [0, 0.1) is 0 Å². The second-order valence-corrected chi connectivity index (χ2v) is 4.93. The Bertz CT molecular complexity index is 643. The van der Waals surface area contributed by atoms with Crippen molar-refractivity contribution in [3.8, 4) is 17.2 Å². The van der Waals surface area contributed by atoms with Crippen molar-refractivity contribution in [2.45, 2.75) is 0 Å². The van der Waals surface area contributed by atoms with Crippen LogP contribution in [0.4, 0.5) is 0 Å². The summed E-state index contributed by atoms with van der Waals surface area (Å²) in [6.07, 6.45) is 0. The summed E-state index contributed by atoms with van der Waals surface area (Å²) in [6, 6.07) is 14.8. The maximum absolute atomic E-state index is 12.6. The minimum atomic E-state index is -0.141. The molecular formula is C18H21NO4. The van der Waals surface area contributed by atoms with Gasteiger partial charge in [-0.05, 0) is 24.3 Å². The first-order valence-corrected chi connectivity index (χ1v) is 7.31. The summed E-state index contributed by atoms with van der Waals surface area (Å²) in [6.45, 7) is 0.882. The summed E-state index contributed by atoms with van der Waals surface area (Å²) in [5, 5.41) is 0. The molecule has 2 aromatic carbocycles. The molecule has 5 heteroatoms. The summed E-state index contributed by atoms with van der Waals surface area (Å²) < 4.78 is 16.1. The van der Waals surface area contributed by atoms with E-state index in [1.54, 1.807) is 37.3 Å². The highest BCUT2D eigenvalue weighted by atomic mass is 16.5. The molecule has 0 radical (unpaired) electrons. The molecule has 0 aromatic heterocycles. The second kappa shape index (κ2) is 8.08. The molecule has 0 aliphatic heterocycles. The molecule has 122 valence electrons. The van der Waals surface area contributed by atoms with Gasteiger partial charge in [0.15, 0.2) is 11.5 Å². The van der Waals surface area contributed by atoms with Gasteiger partial charge in [-0.25, -0.2) is 0 Å². The first kappa shape index (κ1) is 16.7. The fraction of sp³-hybridized carbons (Fsp3) is 0.278. The number of carbonyl (C=O) groups excluding carboxylic acids is 1. The molecule has 2 aromatic rings. The van der Waals surface area contributed by atoms with Gasteiger partial charge < -0.3 is 19.1 Å². The van der Waals surface area contributed by atoms with E-state index in [4.69, 9.17) is 14.2 Å². The summed E-state index contributed by atoms with van der Waals surface area (Å²) in [5.74, 6) is 1.62. The van der Waals surface area contributed by atoms with E-state index in [1.165, 1.54) is 7.11 Å². The molecule has 2 rings (SSSR count). The van der Waals surface area contributed by atoms with E-state index in [0.717, 1.165) is 5.75 Å². The molecule has 1 amide bonds. The number of carbonyl (C=O) groups is 1. The topological polar surface area (TPSA) is 48.0 Å². The van der Waals surface area contributed by atoms with Gasteiger partial charge in [0.1, 0.15) is 12.4 Å². The molecule has 0 aliphatic rings. The Labute approximate surface area is 136 Å². The Balaban J connectivity index is 2.00. The minimum Gasteiger partial charge on any atom is -0.493 e. The fourth-order valence-corrected chi connectivity index (χ4v) is 2.18. The van der Waals surface area contributed by atoms with Gasteiger partial charge in [-0.15, -0.1) is 0 Å². The van der Waals surface area contributed by atoms with E-state index in [9.17, 15) is 4.79 Å². The highest BCUT2D eigenvalue weighted by molar-refractivity contribution is 5.97. The van der Waals surface area contributed by atoms with Gasteiger partial charge >= 0.3 is 0 Å². The van der Waals surface area contributed by atoms with Crippen LogP contribution in [-0.4, -0.2) is 45.2 Å². The Kier molecular flexibility index (Phi) is 5.86. The van der Waals surface area contributed by atoms with Crippen LogP contribution in [0.5, 0.6) is 17.2 Å². The van der Waals surface area contributed by atoms with Gasteiger partial charge in [0.25, 0.3) is 5.91 Å². The van der Waals surface area contributed by atoms with Gasteiger partial charge in [-0.1, -0.05) is 24.3 Å². The van der Waals surface area contributed by atoms with Crippen molar-refractivity contribution >= 4 is 5.91 Å². The number of benzene rings is 2. The number of rotatable bonds is 7. The van der Waals surface area contributed by atoms with Gasteiger partial charge in [-0.3, -0.25) is 4.79 Å². The zero-order chi connectivity index (χ0) is 16.7. The SMILES string of the molecule is COc1cccc(C(=O)N(C)CCOc2ccccc2)c1OC. The molecule has 0 bridgehead atoms. The third kappa shape index (κ3) is 4.16. The van der Waals surface area contributed by atoms with E-state index in [2.05, 4.69) is 0 Å². The monoisotopic (exact) mass is 315 g/mol. The van der Waals surface area contributed by atoms with Gasteiger partial charge in [0.05, 0.1) is 26.3 Å². The maximum atomic E-state index is 12.6. The van der Waals surface area contributed by atoms with Crippen LogP contribution in [0.2, 0.25) is 0 Å². The van der Waals surface area contributed by atoms with Gasteiger partial charge in [0, 0.05) is 7.05 Å². The molecule has 0 aliphatic carbocycles. The smallest absolute Gasteiger partial charge is 0.257 e. The Morgan fingerprint density at radius 3 is 2.39 bits per heavy atom. The van der Waals surface area contributed by atoms with Gasteiger partial charge in [0.2, 0.25) is 0 Å². The van der Waals surface area contributed by atoms with E-state index in [1.807, 2.05) is 30.3 Å². The zero-order valence-electron chi connectivity index (χ0n) is 13.6. The molecule has 0 saturated heterocycles. The number of hydrogen-bond acceptors (Lipinski definition) is 4. The van der Waals surface area contributed by atoms with Crippen LogP contribution < -0.4 is 14.2 Å². The molecule has 0 fully saturated rings. The third-order valence-electron chi connectivity index (χ3n) is 3.42. The normalized spacial score (nSPS) is 10.0. The Morgan fingerprint density at radius 1 is 1.00 bits per heavy atom. The van der Waals surface area contributed by atoms with E-state index in [0.29, 0.717) is 30.2 Å². The zero-order valence-corrected chi connectivity index (χ0v) is 13.6. The van der Waals surface area contributed by atoms with Crippen LogP contribution in [-0.2, 0) is 0 Å². The van der Waals surface area contributed by atoms with E-state index < -0.39 is 0 Å². The van der Waals surface area contributed by atoms with Crippen molar-refractivity contribution in [2.75, 3.05) is 34.4 Å². The molecule has 23 heavy (non-hydrogen) atoms. The van der Waals surface area contributed by atoms with Crippen molar-refractivity contribution < 1.29 is 19.0 Å². The molecular weight excluding hydrogens is 294 g/mol. The molecule has 0 N–H and O–H groups in total. The average molecular weight is 315 g/mol. The quantitative estimate of drug-likeness (QED) is 0.788. The molecule has 5 nitrogen and oxygen atoms in total. The number of methoxy groups -OCH3 is 2. The number of ether oxygens (including phenoxy) is 3. The molecule has 0 heterocycles. The number of nitrogens with zero attached hydrogens (tertiary/aromatic N) is 1. The second-order valence-electron chi connectivity index (χ2n) is 4.93. The molecule has 0 unspecified atom stereocenters. The number of likely N-dealkylation sites (N-methyl/N-ethyl adjacent to an activating group) is 1. The van der Waals surface area contributed by atoms with Crippen LogP contribution in [0.1, 0.15) is 10.4 Å². The fourth-order valence-electron chi connectivity index (χ4n) is 2.18. The number of amides is 1. The van der Waals surface area contributed by atoms with Gasteiger partial charge in [-0.2, -0.15) is 0 Å². The van der Waals surface area contributed by atoms with Crippen LogP contribution >= 0.6 is 0 Å². The summed E-state index contributed by atoms with van der Waals surface area (Å²) in [5.41, 5.74) is 0.467. The van der Waals surface area contributed by atoms with Crippen molar-refractivity contribution in [1.82, 2.24) is 4.90 Å². The standard InChI is InChI=1S/C18H21NO4/c1-19(12-13-23-14-8-5-4-6-9-14)18(20)15-10-7-11-16(21-2)17(15)22-3/h4-11H,12-13H2,1-3H3. The van der Waals surface area contributed by atoms with E-state index >= 15 is 0 Å². The Morgan fingerprint density at radius 2 is 1.74 bits per heavy atom. The average Bonchev–Trinajstić information content (AvgIpc) is 2.61. The predicted octanol–water partition coefficient (Wildman–Crippen LogP) is 2.85. The Hall–Kier alpha value is -2.69. The maximum Gasteiger partial charge on any atom is 0.257 e. The first-order chi connectivity index (χ1) is 11.2. The van der Waals surface area contributed by atoms with Crippen molar-refractivity contribution in [3.05, 3.63) is 54.1 Å². The minimum absolute atomic E-state index is 0.141. The lowest BCUT2D eigenvalue weighted by Gasteiger charge is -2.19. The van der Waals surface area contributed by atoms with Crippen molar-refractivity contribution in [2.24, 2.45) is 0 Å². The highest BCUT2D eigenvalue weighted by Crippen LogP contribution is 2.31. The predicted molar refractivity (Wildman–Crippen MR) is 88.4 cm³/mol. The lowest BCUT2D eigenvalue weighted by molar-refractivity contribution is 0.0769. The van der Waals surface area contributed by atoms with Crippen LogP contribution in [0.3, 0.4) is 0 Å². The van der Waals surface area contributed by atoms with Crippen molar-refractivity contribution in [1.29, 1.82) is 0 Å². The third-order valence-corrected chi connectivity index (χ3v) is 3.42. The largest absolute Gasteiger partial charge is 0.493 e.